The number of nitrogens with one attached hydrogen (secondary N) is 1. The highest BCUT2D eigenvalue weighted by Crippen LogP contribution is 2.18. The minimum absolute atomic E-state index is 0.0501. The smallest absolute Gasteiger partial charge is 0.161 e. The van der Waals surface area contributed by atoms with Gasteiger partial charge in [0.2, 0.25) is 0 Å². The second kappa shape index (κ2) is 5.30. The van der Waals surface area contributed by atoms with Gasteiger partial charge in [-0.05, 0) is 6.42 Å². The lowest BCUT2D eigenvalue weighted by atomic mass is 10.2. The van der Waals surface area contributed by atoms with Crippen LogP contribution in [0.1, 0.15) is 12.8 Å². The van der Waals surface area contributed by atoms with E-state index >= 15 is 0 Å². The summed E-state index contributed by atoms with van der Waals surface area (Å²) >= 11 is 0. The summed E-state index contributed by atoms with van der Waals surface area (Å²) < 4.78 is 38.3. The number of hydrogen-bond acceptors (Lipinski definition) is 1. The largest absolute Gasteiger partial charge is 0.383 e. The van der Waals surface area contributed by atoms with Crippen LogP contribution in [0.15, 0.2) is 12.1 Å². The molecule has 0 unspecified atom stereocenters. The van der Waals surface area contributed by atoms with Crippen LogP contribution in [0.4, 0.5) is 18.9 Å². The number of halogens is 3. The maximum Gasteiger partial charge on any atom is 0.161 e. The quantitative estimate of drug-likeness (QED) is 0.460. The van der Waals surface area contributed by atoms with Crippen LogP contribution >= 0.6 is 0 Å². The molecule has 0 spiro atoms. The Balaban J connectivity index is 2.62. The Hall–Kier alpha value is -1.63. The first-order valence-corrected chi connectivity index (χ1v) is 4.47. The van der Waals surface area contributed by atoms with Crippen LogP contribution in [-0.2, 0) is 0 Å². The zero-order valence-electron chi connectivity index (χ0n) is 7.99. The van der Waals surface area contributed by atoms with Gasteiger partial charge in [-0.1, -0.05) is 0 Å². The summed E-state index contributed by atoms with van der Waals surface area (Å²) in [5.41, 5.74) is -0.0501. The first kappa shape index (κ1) is 11.4. The van der Waals surface area contributed by atoms with Crippen LogP contribution in [-0.4, -0.2) is 6.54 Å². The molecule has 0 aliphatic carbocycles. The van der Waals surface area contributed by atoms with Gasteiger partial charge in [-0.15, -0.1) is 12.3 Å². The highest BCUT2D eigenvalue weighted by molar-refractivity contribution is 5.45. The Morgan fingerprint density at radius 3 is 2.47 bits per heavy atom. The van der Waals surface area contributed by atoms with E-state index in [1.165, 1.54) is 0 Å². The highest BCUT2D eigenvalue weighted by Gasteiger charge is 2.08. The first-order chi connectivity index (χ1) is 7.15. The van der Waals surface area contributed by atoms with Crippen molar-refractivity contribution in [2.24, 2.45) is 0 Å². The molecule has 0 aliphatic heterocycles. The van der Waals surface area contributed by atoms with Gasteiger partial charge in [-0.3, -0.25) is 0 Å². The standard InChI is InChI=1S/C11H10F3N/c1-2-3-4-5-15-11-7-9(13)8(12)6-10(11)14/h1,6-7,15H,3-5H2. The lowest BCUT2D eigenvalue weighted by Crippen LogP contribution is -2.04. The molecule has 0 aromatic heterocycles. The average Bonchev–Trinajstić information content (AvgIpc) is 2.20. The average molecular weight is 213 g/mol. The van der Waals surface area contributed by atoms with E-state index in [4.69, 9.17) is 6.42 Å². The molecule has 0 saturated carbocycles. The number of hydrogen-bond donors (Lipinski definition) is 1. The molecular formula is C11H10F3N. The van der Waals surface area contributed by atoms with Crippen molar-refractivity contribution in [2.75, 3.05) is 11.9 Å². The molecule has 0 fully saturated rings. The van der Waals surface area contributed by atoms with Crippen molar-refractivity contribution >= 4 is 5.69 Å². The summed E-state index contributed by atoms with van der Waals surface area (Å²) in [7, 11) is 0. The Morgan fingerprint density at radius 1 is 1.13 bits per heavy atom. The fourth-order valence-electron chi connectivity index (χ4n) is 1.07. The van der Waals surface area contributed by atoms with E-state index in [0.29, 0.717) is 25.5 Å². The molecule has 0 radical (unpaired) electrons. The van der Waals surface area contributed by atoms with Gasteiger partial charge in [-0.2, -0.15) is 0 Å². The molecule has 1 rings (SSSR count). The maximum atomic E-state index is 13.0. The number of terminal acetylenes is 1. The Bertz CT molecular complexity index is 382. The zero-order valence-corrected chi connectivity index (χ0v) is 7.99. The molecule has 1 N–H and O–H groups in total. The molecule has 0 aliphatic rings. The van der Waals surface area contributed by atoms with E-state index < -0.39 is 17.5 Å². The molecule has 1 aromatic carbocycles. The monoisotopic (exact) mass is 213 g/mol. The van der Waals surface area contributed by atoms with Gasteiger partial charge in [0.15, 0.2) is 11.6 Å². The molecule has 1 aromatic rings. The Labute approximate surface area is 86.3 Å². The highest BCUT2D eigenvalue weighted by atomic mass is 19.2. The molecule has 4 heteroatoms. The first-order valence-electron chi connectivity index (χ1n) is 4.47. The van der Waals surface area contributed by atoms with E-state index in [1.54, 1.807) is 0 Å². The third-order valence-corrected chi connectivity index (χ3v) is 1.82. The Morgan fingerprint density at radius 2 is 1.80 bits per heavy atom. The fraction of sp³-hybridized carbons (Fsp3) is 0.273. The second-order valence-corrected chi connectivity index (χ2v) is 2.98. The predicted octanol–water partition coefficient (Wildman–Crippen LogP) is 2.93. The van der Waals surface area contributed by atoms with Gasteiger partial charge < -0.3 is 5.32 Å². The summed E-state index contributed by atoms with van der Waals surface area (Å²) in [6, 6.07) is 1.30. The molecule has 0 amide bonds. The minimum atomic E-state index is -1.19. The van der Waals surface area contributed by atoms with Crippen LogP contribution in [0, 0.1) is 29.8 Å². The van der Waals surface area contributed by atoms with Crippen LogP contribution in [0.25, 0.3) is 0 Å². The number of anilines is 1. The van der Waals surface area contributed by atoms with Crippen LogP contribution in [0.3, 0.4) is 0 Å². The van der Waals surface area contributed by atoms with Crippen molar-refractivity contribution in [1.29, 1.82) is 0 Å². The number of rotatable bonds is 4. The topological polar surface area (TPSA) is 12.0 Å². The molecule has 1 nitrogen and oxygen atoms in total. The molecule has 0 saturated heterocycles. The second-order valence-electron chi connectivity index (χ2n) is 2.98. The predicted molar refractivity (Wildman–Crippen MR) is 52.9 cm³/mol. The van der Waals surface area contributed by atoms with Gasteiger partial charge in [0.25, 0.3) is 0 Å². The molecule has 0 heterocycles. The van der Waals surface area contributed by atoms with E-state index in [0.717, 1.165) is 6.07 Å². The SMILES string of the molecule is C#CCCCNc1cc(F)c(F)cc1F. The minimum Gasteiger partial charge on any atom is -0.383 e. The fourth-order valence-corrected chi connectivity index (χ4v) is 1.07. The summed E-state index contributed by atoms with van der Waals surface area (Å²) in [5, 5.41) is 2.64. The number of benzene rings is 1. The van der Waals surface area contributed by atoms with Gasteiger partial charge in [0.1, 0.15) is 5.82 Å². The lowest BCUT2D eigenvalue weighted by Gasteiger charge is -2.06. The van der Waals surface area contributed by atoms with Crippen molar-refractivity contribution in [3.63, 3.8) is 0 Å². The molecule has 0 bridgehead atoms. The third-order valence-electron chi connectivity index (χ3n) is 1.82. The van der Waals surface area contributed by atoms with Crippen LogP contribution in [0.5, 0.6) is 0 Å². The van der Waals surface area contributed by atoms with E-state index in [9.17, 15) is 13.2 Å². The normalized spacial score (nSPS) is 9.73. The van der Waals surface area contributed by atoms with E-state index in [1.807, 2.05) is 0 Å². The van der Waals surface area contributed by atoms with Crippen molar-refractivity contribution in [2.45, 2.75) is 12.8 Å². The molecule has 0 atom stereocenters. The molecule has 15 heavy (non-hydrogen) atoms. The van der Waals surface area contributed by atoms with Gasteiger partial charge in [0, 0.05) is 25.1 Å². The van der Waals surface area contributed by atoms with Crippen molar-refractivity contribution < 1.29 is 13.2 Å². The summed E-state index contributed by atoms with van der Waals surface area (Å²) in [5.74, 6) is -0.655. The van der Waals surface area contributed by atoms with Gasteiger partial charge in [0.05, 0.1) is 5.69 Å². The van der Waals surface area contributed by atoms with Crippen LogP contribution in [0.2, 0.25) is 0 Å². The summed E-state index contributed by atoms with van der Waals surface area (Å²) in [4.78, 5) is 0. The lowest BCUT2D eigenvalue weighted by molar-refractivity contribution is 0.496. The number of unbranched alkanes of at least 4 members (excludes halogenated alkanes) is 1. The van der Waals surface area contributed by atoms with E-state index in [-0.39, 0.29) is 5.69 Å². The van der Waals surface area contributed by atoms with Crippen molar-refractivity contribution in [3.8, 4) is 12.3 Å². The third kappa shape index (κ3) is 3.21. The van der Waals surface area contributed by atoms with Gasteiger partial charge in [-0.25, -0.2) is 13.2 Å². The summed E-state index contributed by atoms with van der Waals surface area (Å²) in [6.45, 7) is 0.423. The maximum absolute atomic E-state index is 13.0. The van der Waals surface area contributed by atoms with Crippen molar-refractivity contribution in [1.82, 2.24) is 0 Å². The van der Waals surface area contributed by atoms with Gasteiger partial charge >= 0.3 is 0 Å². The Kier molecular flexibility index (Phi) is 4.04. The molecular weight excluding hydrogens is 203 g/mol. The zero-order chi connectivity index (χ0) is 11.3. The van der Waals surface area contributed by atoms with Crippen LogP contribution < -0.4 is 5.32 Å². The van der Waals surface area contributed by atoms with Crippen molar-refractivity contribution in [3.05, 3.63) is 29.6 Å². The van der Waals surface area contributed by atoms with E-state index in [2.05, 4.69) is 11.2 Å². The molecule has 80 valence electrons. The summed E-state index contributed by atoms with van der Waals surface area (Å²) in [6.07, 6.45) is 6.22.